The fourth-order valence-electron chi connectivity index (χ4n) is 2.31. The van der Waals surface area contributed by atoms with Crippen LogP contribution < -0.4 is 0 Å². The zero-order chi connectivity index (χ0) is 14.7. The number of rotatable bonds is 4. The summed E-state index contributed by atoms with van der Waals surface area (Å²) in [4.78, 5) is 4.27. The molecule has 21 heavy (non-hydrogen) atoms. The molecule has 1 N–H and O–H groups in total. The Hall–Kier alpha value is -1.91. The Labute approximate surface area is 131 Å². The summed E-state index contributed by atoms with van der Waals surface area (Å²) < 4.78 is 5.70. The molecule has 0 spiro atoms. The third-order valence-corrected chi connectivity index (χ3v) is 3.93. The van der Waals surface area contributed by atoms with Gasteiger partial charge in [-0.15, -0.1) is 0 Å². The minimum atomic E-state index is -1.40. The normalized spacial score (nSPS) is 11.5. The maximum Gasteiger partial charge on any atom is 0.236 e. The molecule has 0 radical (unpaired) electrons. The van der Waals surface area contributed by atoms with Gasteiger partial charge in [0.15, 0.2) is 5.60 Å². The van der Waals surface area contributed by atoms with Gasteiger partial charge in [-0.2, -0.15) is 0 Å². The molecule has 2 aromatic carbocycles. The topological polar surface area (TPSA) is 46.3 Å². The lowest BCUT2D eigenvalue weighted by molar-refractivity contribution is 0.0917. The number of nitrogens with zero attached hydrogens (tertiary/aromatic N) is 1. The van der Waals surface area contributed by atoms with Crippen molar-refractivity contribution in [1.82, 2.24) is 4.98 Å². The van der Waals surface area contributed by atoms with Crippen LogP contribution in [0, 0.1) is 0 Å². The van der Waals surface area contributed by atoms with Crippen LogP contribution in [0.4, 0.5) is 0 Å². The number of oxazole rings is 1. The largest absolute Gasteiger partial charge is 0.441 e. The number of hydrogen-bond acceptors (Lipinski definition) is 3. The van der Waals surface area contributed by atoms with Crippen LogP contribution in [0.15, 0.2) is 71.3 Å². The number of aliphatic hydroxyl groups is 1. The zero-order valence-electron chi connectivity index (χ0n) is 11.2. The lowest BCUT2D eigenvalue weighted by atomic mass is 9.86. The van der Waals surface area contributed by atoms with Crippen LogP contribution in [0.1, 0.15) is 22.8 Å². The highest BCUT2D eigenvalue weighted by atomic mass is 79.9. The standard InChI is InChI=1S/C17H14BrNO2/c18-11-15-12-19-16(21-15)17(20,13-7-3-1-4-8-13)14-9-5-2-6-10-14/h1-10,12,20H,11H2. The fourth-order valence-corrected chi connectivity index (χ4v) is 2.57. The van der Waals surface area contributed by atoms with Crippen molar-refractivity contribution in [1.29, 1.82) is 0 Å². The number of benzene rings is 2. The molecule has 0 bridgehead atoms. The summed E-state index contributed by atoms with van der Waals surface area (Å²) in [7, 11) is 0. The number of aromatic nitrogens is 1. The van der Waals surface area contributed by atoms with E-state index in [4.69, 9.17) is 4.42 Å². The third kappa shape index (κ3) is 2.52. The second-order valence-electron chi connectivity index (χ2n) is 4.71. The monoisotopic (exact) mass is 343 g/mol. The minimum absolute atomic E-state index is 0.273. The maximum atomic E-state index is 11.4. The molecule has 0 unspecified atom stereocenters. The molecule has 0 aliphatic heterocycles. The summed E-state index contributed by atoms with van der Waals surface area (Å²) in [5.74, 6) is 0.949. The number of alkyl halides is 1. The van der Waals surface area contributed by atoms with Gasteiger partial charge in [-0.05, 0) is 11.1 Å². The van der Waals surface area contributed by atoms with E-state index in [0.29, 0.717) is 11.1 Å². The van der Waals surface area contributed by atoms with Crippen molar-refractivity contribution in [2.45, 2.75) is 10.9 Å². The fraction of sp³-hybridized carbons (Fsp3) is 0.118. The summed E-state index contributed by atoms with van der Waals surface area (Å²) in [6.45, 7) is 0. The lowest BCUT2D eigenvalue weighted by Gasteiger charge is -2.26. The summed E-state index contributed by atoms with van der Waals surface area (Å²) in [6.07, 6.45) is 1.63. The van der Waals surface area contributed by atoms with Gasteiger partial charge in [0, 0.05) is 0 Å². The van der Waals surface area contributed by atoms with Crippen molar-refractivity contribution < 1.29 is 9.52 Å². The molecule has 0 atom stereocenters. The van der Waals surface area contributed by atoms with Crippen LogP contribution in [0.3, 0.4) is 0 Å². The van der Waals surface area contributed by atoms with Gasteiger partial charge in [-0.3, -0.25) is 0 Å². The molecule has 0 saturated heterocycles. The van der Waals surface area contributed by atoms with Crippen molar-refractivity contribution in [2.24, 2.45) is 0 Å². The highest BCUT2D eigenvalue weighted by Crippen LogP contribution is 2.36. The predicted octanol–water partition coefficient (Wildman–Crippen LogP) is 3.85. The summed E-state index contributed by atoms with van der Waals surface area (Å²) in [5, 5.41) is 11.9. The van der Waals surface area contributed by atoms with Crippen molar-refractivity contribution in [3.05, 3.63) is 89.6 Å². The highest BCUT2D eigenvalue weighted by molar-refractivity contribution is 9.08. The van der Waals surface area contributed by atoms with Crippen molar-refractivity contribution in [2.75, 3.05) is 0 Å². The molecule has 1 aromatic heterocycles. The first-order chi connectivity index (χ1) is 10.2. The van der Waals surface area contributed by atoms with Gasteiger partial charge in [-0.1, -0.05) is 76.6 Å². The summed E-state index contributed by atoms with van der Waals surface area (Å²) in [6, 6.07) is 18.8. The van der Waals surface area contributed by atoms with E-state index in [-0.39, 0.29) is 5.89 Å². The van der Waals surface area contributed by atoms with Gasteiger partial charge < -0.3 is 9.52 Å². The van der Waals surface area contributed by atoms with Crippen LogP contribution in [0.2, 0.25) is 0 Å². The van der Waals surface area contributed by atoms with Gasteiger partial charge in [0.05, 0.1) is 11.5 Å². The molecule has 106 valence electrons. The zero-order valence-corrected chi connectivity index (χ0v) is 12.8. The first-order valence-corrected chi connectivity index (χ1v) is 7.72. The molecule has 0 aliphatic carbocycles. The van der Waals surface area contributed by atoms with E-state index in [1.54, 1.807) is 6.20 Å². The average molecular weight is 344 g/mol. The van der Waals surface area contributed by atoms with Crippen molar-refractivity contribution in [3.8, 4) is 0 Å². The first kappa shape index (κ1) is 14.0. The summed E-state index contributed by atoms with van der Waals surface area (Å²) in [5.41, 5.74) is 0.0431. The molecule has 4 heteroatoms. The van der Waals surface area contributed by atoms with Gasteiger partial charge >= 0.3 is 0 Å². The number of hydrogen-bond donors (Lipinski definition) is 1. The second kappa shape index (κ2) is 5.84. The van der Waals surface area contributed by atoms with Gasteiger partial charge in [0.1, 0.15) is 5.76 Å². The van der Waals surface area contributed by atoms with Gasteiger partial charge in [-0.25, -0.2) is 4.98 Å². The Kier molecular flexibility index (Phi) is 3.90. The Bertz CT molecular complexity index is 670. The Morgan fingerprint density at radius 2 is 1.48 bits per heavy atom. The van der Waals surface area contributed by atoms with Crippen LogP contribution in [-0.2, 0) is 10.9 Å². The maximum absolute atomic E-state index is 11.4. The summed E-state index contributed by atoms with van der Waals surface area (Å²) >= 11 is 3.33. The molecule has 1 heterocycles. The average Bonchev–Trinajstić information content (AvgIpc) is 3.05. The molecule has 3 aromatic rings. The molecule has 3 rings (SSSR count). The van der Waals surface area contributed by atoms with Crippen molar-refractivity contribution >= 4 is 15.9 Å². The Morgan fingerprint density at radius 3 is 1.90 bits per heavy atom. The third-order valence-electron chi connectivity index (χ3n) is 3.38. The van der Waals surface area contributed by atoms with Crippen LogP contribution >= 0.6 is 15.9 Å². The van der Waals surface area contributed by atoms with Crippen LogP contribution in [-0.4, -0.2) is 10.1 Å². The SMILES string of the molecule is OC(c1ccccc1)(c1ccccc1)c1ncc(CBr)o1. The quantitative estimate of drug-likeness (QED) is 0.731. The van der Waals surface area contributed by atoms with Crippen LogP contribution in [0.5, 0.6) is 0 Å². The van der Waals surface area contributed by atoms with E-state index >= 15 is 0 Å². The van der Waals surface area contributed by atoms with E-state index in [0.717, 1.165) is 11.1 Å². The molecular formula is C17H14BrNO2. The van der Waals surface area contributed by atoms with E-state index in [9.17, 15) is 5.11 Å². The molecule has 3 nitrogen and oxygen atoms in total. The van der Waals surface area contributed by atoms with Gasteiger partial charge in [0.25, 0.3) is 0 Å². The van der Waals surface area contributed by atoms with E-state index in [1.807, 2.05) is 60.7 Å². The second-order valence-corrected chi connectivity index (χ2v) is 5.27. The molecule has 0 amide bonds. The van der Waals surface area contributed by atoms with Crippen molar-refractivity contribution in [3.63, 3.8) is 0 Å². The van der Waals surface area contributed by atoms with Crippen LogP contribution in [0.25, 0.3) is 0 Å². The van der Waals surface area contributed by atoms with E-state index < -0.39 is 5.60 Å². The minimum Gasteiger partial charge on any atom is -0.441 e. The predicted molar refractivity (Wildman–Crippen MR) is 84.1 cm³/mol. The van der Waals surface area contributed by atoms with Gasteiger partial charge in [0.2, 0.25) is 5.89 Å². The van der Waals surface area contributed by atoms with E-state index in [2.05, 4.69) is 20.9 Å². The Morgan fingerprint density at radius 1 is 0.952 bits per heavy atom. The molecule has 0 fully saturated rings. The number of halogens is 1. The lowest BCUT2D eigenvalue weighted by Crippen LogP contribution is -2.29. The molecule has 0 aliphatic rings. The first-order valence-electron chi connectivity index (χ1n) is 6.59. The smallest absolute Gasteiger partial charge is 0.236 e. The van der Waals surface area contributed by atoms with E-state index in [1.165, 1.54) is 0 Å². The highest BCUT2D eigenvalue weighted by Gasteiger charge is 2.38. The molecular weight excluding hydrogens is 330 g/mol. The molecule has 0 saturated carbocycles. The Balaban J connectivity index is 2.20.